The van der Waals surface area contributed by atoms with E-state index in [1.54, 1.807) is 0 Å². The zero-order valence-corrected chi connectivity index (χ0v) is 9.38. The van der Waals surface area contributed by atoms with Gasteiger partial charge in [0.2, 0.25) is 5.91 Å². The minimum Gasteiger partial charge on any atom is -0.353 e. The maximum Gasteiger partial charge on any atom is 0.220 e. The molecular formula is C12H20N2O. The van der Waals surface area contributed by atoms with Crippen molar-refractivity contribution in [3.8, 4) is 12.3 Å². The van der Waals surface area contributed by atoms with Gasteiger partial charge in [-0.1, -0.05) is 0 Å². The van der Waals surface area contributed by atoms with Crippen LogP contribution in [0.15, 0.2) is 0 Å². The van der Waals surface area contributed by atoms with E-state index in [0.717, 1.165) is 19.5 Å². The lowest BCUT2D eigenvalue weighted by atomic mass is 10.0. The number of carbonyl (C=O) groups is 1. The van der Waals surface area contributed by atoms with Crippen molar-refractivity contribution in [2.24, 2.45) is 5.92 Å². The highest BCUT2D eigenvalue weighted by atomic mass is 16.1. The summed E-state index contributed by atoms with van der Waals surface area (Å²) in [5.41, 5.74) is 0. The molecule has 0 aromatic rings. The Morgan fingerprint density at radius 2 is 2.53 bits per heavy atom. The molecule has 0 spiro atoms. The van der Waals surface area contributed by atoms with Crippen molar-refractivity contribution in [1.82, 2.24) is 10.6 Å². The summed E-state index contributed by atoms with van der Waals surface area (Å²) < 4.78 is 0. The summed E-state index contributed by atoms with van der Waals surface area (Å²) in [4.78, 5) is 11.5. The third kappa shape index (κ3) is 4.85. The smallest absolute Gasteiger partial charge is 0.220 e. The molecule has 0 aromatic carbocycles. The average molecular weight is 208 g/mol. The Balaban J connectivity index is 2.10. The van der Waals surface area contributed by atoms with E-state index >= 15 is 0 Å². The highest BCUT2D eigenvalue weighted by molar-refractivity contribution is 5.76. The molecule has 1 aliphatic heterocycles. The van der Waals surface area contributed by atoms with Gasteiger partial charge in [0.25, 0.3) is 0 Å². The van der Waals surface area contributed by atoms with Crippen LogP contribution in [-0.2, 0) is 4.79 Å². The Morgan fingerprint density at radius 1 is 1.73 bits per heavy atom. The van der Waals surface area contributed by atoms with Gasteiger partial charge in [-0.25, -0.2) is 0 Å². The monoisotopic (exact) mass is 208 g/mol. The van der Waals surface area contributed by atoms with Gasteiger partial charge in [-0.2, -0.15) is 0 Å². The van der Waals surface area contributed by atoms with Crippen molar-refractivity contribution in [3.05, 3.63) is 0 Å². The van der Waals surface area contributed by atoms with Crippen LogP contribution in [0.25, 0.3) is 0 Å². The normalized spacial score (nSPS) is 22.0. The Morgan fingerprint density at radius 3 is 3.13 bits per heavy atom. The lowest BCUT2D eigenvalue weighted by molar-refractivity contribution is -0.121. The van der Waals surface area contributed by atoms with Crippen LogP contribution < -0.4 is 10.6 Å². The SMILES string of the molecule is C#CCC(C)NC(=O)CCC1CCNC1. The summed E-state index contributed by atoms with van der Waals surface area (Å²) in [6.45, 7) is 4.10. The molecule has 1 fully saturated rings. The third-order valence-electron chi connectivity index (χ3n) is 2.77. The van der Waals surface area contributed by atoms with E-state index in [9.17, 15) is 4.79 Å². The third-order valence-corrected chi connectivity index (χ3v) is 2.77. The molecule has 2 unspecified atom stereocenters. The lowest BCUT2D eigenvalue weighted by Crippen LogP contribution is -2.32. The Kier molecular flexibility index (Phi) is 5.20. The summed E-state index contributed by atoms with van der Waals surface area (Å²) >= 11 is 0. The number of carbonyl (C=O) groups excluding carboxylic acids is 1. The van der Waals surface area contributed by atoms with Crippen molar-refractivity contribution in [2.45, 2.75) is 38.6 Å². The van der Waals surface area contributed by atoms with Crippen molar-refractivity contribution in [2.75, 3.05) is 13.1 Å². The molecule has 84 valence electrons. The van der Waals surface area contributed by atoms with Gasteiger partial charge in [0.05, 0.1) is 0 Å². The van der Waals surface area contributed by atoms with E-state index in [1.165, 1.54) is 6.42 Å². The van der Waals surface area contributed by atoms with Crippen LogP contribution in [0.1, 0.15) is 32.6 Å². The predicted octanol–water partition coefficient (Wildman–Crippen LogP) is 0.904. The average Bonchev–Trinajstić information content (AvgIpc) is 2.67. The number of amides is 1. The Bertz CT molecular complexity index is 238. The fourth-order valence-corrected chi connectivity index (χ4v) is 1.87. The van der Waals surface area contributed by atoms with Crippen molar-refractivity contribution >= 4 is 5.91 Å². The summed E-state index contributed by atoms with van der Waals surface area (Å²) in [5, 5.41) is 6.20. The molecule has 3 nitrogen and oxygen atoms in total. The van der Waals surface area contributed by atoms with Crippen LogP contribution in [0.2, 0.25) is 0 Å². The highest BCUT2D eigenvalue weighted by Crippen LogP contribution is 2.13. The van der Waals surface area contributed by atoms with Crippen LogP contribution in [0, 0.1) is 18.3 Å². The van der Waals surface area contributed by atoms with Crippen LogP contribution in [0.5, 0.6) is 0 Å². The zero-order chi connectivity index (χ0) is 11.1. The maximum absolute atomic E-state index is 11.5. The van der Waals surface area contributed by atoms with Gasteiger partial charge in [-0.05, 0) is 38.8 Å². The minimum atomic E-state index is 0.101. The van der Waals surface area contributed by atoms with Gasteiger partial charge in [0.15, 0.2) is 0 Å². The number of hydrogen-bond donors (Lipinski definition) is 2. The van der Waals surface area contributed by atoms with Gasteiger partial charge >= 0.3 is 0 Å². The van der Waals surface area contributed by atoms with Gasteiger partial charge in [0, 0.05) is 18.9 Å². The van der Waals surface area contributed by atoms with Crippen molar-refractivity contribution in [3.63, 3.8) is 0 Å². The molecule has 1 rings (SSSR count). The molecule has 0 aliphatic carbocycles. The molecule has 3 heteroatoms. The second kappa shape index (κ2) is 6.47. The maximum atomic E-state index is 11.5. The van der Waals surface area contributed by atoms with Gasteiger partial charge < -0.3 is 10.6 Å². The molecule has 1 aliphatic rings. The molecule has 1 saturated heterocycles. The van der Waals surface area contributed by atoms with Gasteiger partial charge in [-0.15, -0.1) is 12.3 Å². The molecule has 15 heavy (non-hydrogen) atoms. The molecule has 0 radical (unpaired) electrons. The molecule has 0 aromatic heterocycles. The van der Waals surface area contributed by atoms with E-state index in [4.69, 9.17) is 6.42 Å². The first-order chi connectivity index (χ1) is 7.22. The van der Waals surface area contributed by atoms with E-state index in [2.05, 4.69) is 16.6 Å². The second-order valence-electron chi connectivity index (χ2n) is 4.27. The summed E-state index contributed by atoms with van der Waals surface area (Å²) in [5.74, 6) is 3.35. The lowest BCUT2D eigenvalue weighted by Gasteiger charge is -2.12. The largest absolute Gasteiger partial charge is 0.353 e. The molecule has 0 saturated carbocycles. The van der Waals surface area contributed by atoms with Crippen LogP contribution in [0.4, 0.5) is 0 Å². The Labute approximate surface area is 92.0 Å². The molecule has 1 amide bonds. The predicted molar refractivity (Wildman–Crippen MR) is 61.3 cm³/mol. The van der Waals surface area contributed by atoms with E-state index in [0.29, 0.717) is 18.8 Å². The molecule has 1 heterocycles. The number of terminal acetylenes is 1. The van der Waals surface area contributed by atoms with Gasteiger partial charge in [0.1, 0.15) is 0 Å². The summed E-state index contributed by atoms with van der Waals surface area (Å²) in [7, 11) is 0. The standard InChI is InChI=1S/C12H20N2O/c1-3-4-10(2)14-12(15)6-5-11-7-8-13-9-11/h1,10-11,13H,4-9H2,2H3,(H,14,15). The van der Waals surface area contributed by atoms with Crippen LogP contribution >= 0.6 is 0 Å². The van der Waals surface area contributed by atoms with E-state index in [-0.39, 0.29) is 11.9 Å². The first kappa shape index (κ1) is 12.1. The summed E-state index contributed by atoms with van der Waals surface area (Å²) in [6, 6.07) is 0.101. The van der Waals surface area contributed by atoms with Crippen LogP contribution in [-0.4, -0.2) is 25.0 Å². The first-order valence-corrected chi connectivity index (χ1v) is 5.66. The van der Waals surface area contributed by atoms with E-state index in [1.807, 2.05) is 6.92 Å². The second-order valence-corrected chi connectivity index (χ2v) is 4.27. The van der Waals surface area contributed by atoms with Crippen molar-refractivity contribution < 1.29 is 4.79 Å². The Hall–Kier alpha value is -1.01. The fourth-order valence-electron chi connectivity index (χ4n) is 1.87. The molecule has 2 atom stereocenters. The molecule has 0 bridgehead atoms. The zero-order valence-electron chi connectivity index (χ0n) is 9.38. The number of rotatable bonds is 5. The van der Waals surface area contributed by atoms with Crippen molar-refractivity contribution in [1.29, 1.82) is 0 Å². The first-order valence-electron chi connectivity index (χ1n) is 5.66. The van der Waals surface area contributed by atoms with E-state index < -0.39 is 0 Å². The highest BCUT2D eigenvalue weighted by Gasteiger charge is 2.16. The number of hydrogen-bond acceptors (Lipinski definition) is 2. The summed E-state index contributed by atoms with van der Waals surface area (Å²) in [6.07, 6.45) is 8.59. The minimum absolute atomic E-state index is 0.101. The van der Waals surface area contributed by atoms with Gasteiger partial charge in [-0.3, -0.25) is 4.79 Å². The fraction of sp³-hybridized carbons (Fsp3) is 0.750. The van der Waals surface area contributed by atoms with Crippen LogP contribution in [0.3, 0.4) is 0 Å². The quantitative estimate of drug-likeness (QED) is 0.659. The topological polar surface area (TPSA) is 41.1 Å². The molecule has 2 N–H and O–H groups in total. The molecular weight excluding hydrogens is 188 g/mol. The number of nitrogens with one attached hydrogen (secondary N) is 2.